The topological polar surface area (TPSA) is 81.3 Å². The first-order valence-electron chi connectivity index (χ1n) is 16.5. The maximum absolute atomic E-state index is 13.2. The van der Waals surface area contributed by atoms with Crippen LogP contribution in [-0.4, -0.2) is 22.3 Å². The van der Waals surface area contributed by atoms with Crippen LogP contribution in [0.5, 0.6) is 0 Å². The van der Waals surface area contributed by atoms with Gasteiger partial charge in [-0.05, 0) is 133 Å². The highest BCUT2D eigenvalue weighted by Crippen LogP contribution is 2.77. The first kappa shape index (κ1) is 29.7. The number of carboxylic acid groups (broad SMARTS) is 1. The molecule has 1 aromatic carbocycles. The second-order valence-corrected chi connectivity index (χ2v) is 16.3. The Morgan fingerprint density at radius 2 is 1.62 bits per heavy atom. The Hall–Kier alpha value is -2.38. The van der Waals surface area contributed by atoms with Crippen LogP contribution in [0, 0.1) is 68.0 Å². The third-order valence-corrected chi connectivity index (χ3v) is 14.8. The summed E-state index contributed by atoms with van der Waals surface area (Å²) in [4.78, 5) is 13.2. The molecule has 0 bridgehead atoms. The van der Waals surface area contributed by atoms with E-state index in [1.807, 2.05) is 24.3 Å². The van der Waals surface area contributed by atoms with Crippen LogP contribution in [0.3, 0.4) is 0 Å². The van der Waals surface area contributed by atoms with Gasteiger partial charge in [0.1, 0.15) is 0 Å². The Kier molecular flexibility index (Phi) is 6.94. The van der Waals surface area contributed by atoms with Crippen molar-refractivity contribution in [3.8, 4) is 6.07 Å². The minimum Gasteiger partial charge on any atom is -0.481 e. The number of benzene rings is 1. The molecule has 0 saturated heterocycles. The summed E-state index contributed by atoms with van der Waals surface area (Å²) in [6.45, 7) is 16.8. The molecule has 6 rings (SSSR count). The van der Waals surface area contributed by atoms with E-state index in [2.05, 4.69) is 59.4 Å². The second kappa shape index (κ2) is 9.82. The number of nitriles is 1. The molecule has 5 aliphatic rings. The van der Waals surface area contributed by atoms with Gasteiger partial charge in [0.2, 0.25) is 0 Å². The molecule has 226 valence electrons. The molecule has 1 aromatic rings. The minimum atomic E-state index is -0.651. The van der Waals surface area contributed by atoms with Crippen molar-refractivity contribution in [2.45, 2.75) is 105 Å². The van der Waals surface area contributed by atoms with Crippen LogP contribution in [0.15, 0.2) is 42.5 Å². The zero-order valence-electron chi connectivity index (χ0n) is 26.5. The molecule has 42 heavy (non-hydrogen) atoms. The number of carbonyl (C=O) groups is 1. The SMILES string of the molecule is C=C(/C=C/c1ccc(C#N)cc1)[C@@H]1CC[C@]2(C(=O)O)CC[C@]3(C)[C@H](CC[C@@H]4[C@@]5(C)CC[C@H](O)C(C)(C)[C@@H]5CC[C@]43C)[C@@H]12. The van der Waals surface area contributed by atoms with Crippen molar-refractivity contribution < 1.29 is 15.0 Å². The summed E-state index contributed by atoms with van der Waals surface area (Å²) in [5.74, 6) is 1.20. The fourth-order valence-corrected chi connectivity index (χ4v) is 12.4. The van der Waals surface area contributed by atoms with E-state index in [4.69, 9.17) is 5.26 Å². The molecule has 0 aromatic heterocycles. The first-order valence-corrected chi connectivity index (χ1v) is 16.5. The van der Waals surface area contributed by atoms with E-state index in [0.29, 0.717) is 23.3 Å². The van der Waals surface area contributed by atoms with Crippen molar-refractivity contribution in [3.05, 3.63) is 53.6 Å². The molecule has 5 fully saturated rings. The van der Waals surface area contributed by atoms with E-state index in [0.717, 1.165) is 62.5 Å². The second-order valence-electron chi connectivity index (χ2n) is 16.3. The van der Waals surface area contributed by atoms with E-state index in [1.165, 1.54) is 12.8 Å². The molecule has 5 saturated carbocycles. The zero-order chi connectivity index (χ0) is 30.3. The predicted octanol–water partition coefficient (Wildman–Crippen LogP) is 8.65. The van der Waals surface area contributed by atoms with Crippen LogP contribution in [0.4, 0.5) is 0 Å². The van der Waals surface area contributed by atoms with Gasteiger partial charge in [-0.3, -0.25) is 4.79 Å². The number of aliphatic carboxylic acids is 1. The Morgan fingerprint density at radius 1 is 0.905 bits per heavy atom. The normalized spacial score (nSPS) is 45.6. The maximum Gasteiger partial charge on any atom is 0.309 e. The van der Waals surface area contributed by atoms with Crippen molar-refractivity contribution in [3.63, 3.8) is 0 Å². The van der Waals surface area contributed by atoms with Crippen molar-refractivity contribution in [1.82, 2.24) is 0 Å². The smallest absolute Gasteiger partial charge is 0.309 e. The van der Waals surface area contributed by atoms with Crippen LogP contribution in [0.25, 0.3) is 6.08 Å². The van der Waals surface area contributed by atoms with E-state index >= 15 is 0 Å². The lowest BCUT2D eigenvalue weighted by molar-refractivity contribution is -0.248. The van der Waals surface area contributed by atoms with Gasteiger partial charge in [0.25, 0.3) is 0 Å². The third-order valence-electron chi connectivity index (χ3n) is 14.8. The number of aliphatic hydroxyl groups excluding tert-OH is 1. The van der Waals surface area contributed by atoms with E-state index < -0.39 is 11.4 Å². The van der Waals surface area contributed by atoms with Gasteiger partial charge in [-0.15, -0.1) is 0 Å². The van der Waals surface area contributed by atoms with E-state index in [-0.39, 0.29) is 39.6 Å². The fraction of sp³-hybridized carbons (Fsp3) is 0.684. The highest BCUT2D eigenvalue weighted by atomic mass is 16.4. The standard InChI is InChI=1S/C38H51NO3/c1-24(7-8-25-9-11-26(23-39)12-10-25)27-15-20-38(33(41)42)22-21-36(5)28(32(27)38)13-14-30-35(4)18-17-31(40)34(2,3)29(35)16-19-37(30,36)6/h7-12,27-32,40H,1,13-22H2,2-6H3,(H,41,42)/b8-7+/t27-,28+,29-,30+,31-,32+,35-,36+,37+,38-/m0/s1. The third kappa shape index (κ3) is 3.91. The number of nitrogens with zero attached hydrogens (tertiary/aromatic N) is 1. The van der Waals surface area contributed by atoms with Crippen molar-refractivity contribution in [1.29, 1.82) is 5.26 Å². The summed E-state index contributed by atoms with van der Waals surface area (Å²) in [6, 6.07) is 9.77. The predicted molar refractivity (Wildman–Crippen MR) is 167 cm³/mol. The van der Waals surface area contributed by atoms with Crippen molar-refractivity contribution in [2.24, 2.45) is 56.7 Å². The highest BCUT2D eigenvalue weighted by Gasteiger charge is 2.72. The fourth-order valence-electron chi connectivity index (χ4n) is 12.4. The molecule has 10 atom stereocenters. The largest absolute Gasteiger partial charge is 0.481 e. The molecule has 5 aliphatic carbocycles. The molecule has 0 unspecified atom stereocenters. The van der Waals surface area contributed by atoms with Crippen LogP contribution >= 0.6 is 0 Å². The molecule has 0 spiro atoms. The van der Waals surface area contributed by atoms with Gasteiger partial charge in [-0.2, -0.15) is 5.26 Å². The Balaban J connectivity index is 1.34. The number of hydrogen-bond donors (Lipinski definition) is 2. The van der Waals surface area contributed by atoms with Gasteiger partial charge in [0.05, 0.1) is 23.2 Å². The van der Waals surface area contributed by atoms with Crippen LogP contribution in [0.1, 0.15) is 110 Å². The molecule has 0 amide bonds. The van der Waals surface area contributed by atoms with Crippen LogP contribution in [0.2, 0.25) is 0 Å². The van der Waals surface area contributed by atoms with Crippen molar-refractivity contribution >= 4 is 12.0 Å². The van der Waals surface area contributed by atoms with Gasteiger partial charge in [0.15, 0.2) is 0 Å². The lowest BCUT2D eigenvalue weighted by atomic mass is 9.32. The average molecular weight is 570 g/mol. The van der Waals surface area contributed by atoms with Crippen molar-refractivity contribution in [2.75, 3.05) is 0 Å². The summed E-state index contributed by atoms with van der Waals surface area (Å²) in [6.07, 6.45) is 14.0. The first-order chi connectivity index (χ1) is 19.7. The van der Waals surface area contributed by atoms with Crippen LogP contribution in [-0.2, 0) is 4.79 Å². The Morgan fingerprint density at radius 3 is 2.29 bits per heavy atom. The summed E-state index contributed by atoms with van der Waals surface area (Å²) in [5.41, 5.74) is 2.49. The molecule has 2 N–H and O–H groups in total. The Labute approximate surface area is 253 Å². The quantitative estimate of drug-likeness (QED) is 0.356. The summed E-state index contributed by atoms with van der Waals surface area (Å²) in [5, 5.41) is 31.0. The minimum absolute atomic E-state index is 0.0628. The number of rotatable bonds is 4. The Bertz CT molecular complexity index is 1340. The lowest BCUT2D eigenvalue weighted by Gasteiger charge is -2.72. The number of allylic oxidation sites excluding steroid dienone is 2. The monoisotopic (exact) mass is 569 g/mol. The number of carboxylic acids is 1. The molecule has 0 aliphatic heterocycles. The van der Waals surface area contributed by atoms with Gasteiger partial charge in [-0.25, -0.2) is 0 Å². The van der Waals surface area contributed by atoms with Gasteiger partial charge in [0, 0.05) is 0 Å². The lowest BCUT2D eigenvalue weighted by Crippen LogP contribution is -2.67. The molecule has 4 nitrogen and oxygen atoms in total. The number of hydrogen-bond acceptors (Lipinski definition) is 3. The van der Waals surface area contributed by atoms with Crippen LogP contribution < -0.4 is 0 Å². The molecular weight excluding hydrogens is 518 g/mol. The zero-order valence-corrected chi connectivity index (χ0v) is 26.5. The summed E-state index contributed by atoms with van der Waals surface area (Å²) < 4.78 is 0. The molecule has 0 radical (unpaired) electrons. The van der Waals surface area contributed by atoms with E-state index in [1.54, 1.807) is 0 Å². The highest BCUT2D eigenvalue weighted by molar-refractivity contribution is 5.76. The summed E-state index contributed by atoms with van der Waals surface area (Å²) in [7, 11) is 0. The maximum atomic E-state index is 13.2. The molecular formula is C38H51NO3. The number of fused-ring (bicyclic) bond motifs is 7. The van der Waals surface area contributed by atoms with Gasteiger partial charge >= 0.3 is 5.97 Å². The van der Waals surface area contributed by atoms with Gasteiger partial charge < -0.3 is 10.2 Å². The average Bonchev–Trinajstić information content (AvgIpc) is 3.36. The van der Waals surface area contributed by atoms with Gasteiger partial charge in [-0.1, -0.05) is 71.1 Å². The molecule has 0 heterocycles. The molecule has 4 heteroatoms. The summed E-state index contributed by atoms with van der Waals surface area (Å²) >= 11 is 0. The van der Waals surface area contributed by atoms with E-state index in [9.17, 15) is 15.0 Å². The number of aliphatic hydroxyl groups is 1.